The maximum absolute atomic E-state index is 12.9. The van der Waals surface area contributed by atoms with Crippen molar-refractivity contribution in [3.05, 3.63) is 35.6 Å². The third-order valence-corrected chi connectivity index (χ3v) is 6.53. The van der Waals surface area contributed by atoms with Gasteiger partial charge in [0.25, 0.3) is 0 Å². The summed E-state index contributed by atoms with van der Waals surface area (Å²) in [5.41, 5.74) is 0. The molecule has 0 aliphatic carbocycles. The number of sulfonamides is 1. The van der Waals surface area contributed by atoms with E-state index in [9.17, 15) is 8.42 Å². The molecule has 2 aliphatic rings. The zero-order valence-electron chi connectivity index (χ0n) is 11.2. The number of nitrogens with one attached hydrogen (secondary N) is 1. The first-order valence-corrected chi connectivity index (χ1v) is 8.65. The molecular formula is C14H14ClN3O2S. The molecule has 0 saturated carbocycles. The van der Waals surface area contributed by atoms with Gasteiger partial charge in [0, 0.05) is 54.8 Å². The number of halogens is 1. The summed E-state index contributed by atoms with van der Waals surface area (Å²) in [6.45, 7) is 2.02. The molecule has 0 amide bonds. The Bertz CT molecular complexity index is 807. The van der Waals surface area contributed by atoms with Gasteiger partial charge >= 0.3 is 0 Å². The number of hydrogen-bond donors (Lipinski definition) is 1. The monoisotopic (exact) mass is 323 g/mol. The molecule has 1 N–H and O–H groups in total. The third-order valence-electron chi connectivity index (χ3n) is 4.37. The van der Waals surface area contributed by atoms with Gasteiger partial charge < -0.3 is 5.32 Å². The molecule has 3 heterocycles. The average molecular weight is 324 g/mol. The van der Waals surface area contributed by atoms with Crippen molar-refractivity contribution in [3.63, 3.8) is 0 Å². The van der Waals surface area contributed by atoms with Gasteiger partial charge in [0.15, 0.2) is 0 Å². The molecule has 2 fully saturated rings. The van der Waals surface area contributed by atoms with Crippen molar-refractivity contribution >= 4 is 32.4 Å². The van der Waals surface area contributed by atoms with Crippen molar-refractivity contribution in [1.82, 2.24) is 14.6 Å². The summed E-state index contributed by atoms with van der Waals surface area (Å²) < 4.78 is 27.4. The van der Waals surface area contributed by atoms with E-state index in [1.807, 2.05) is 6.07 Å². The number of pyridine rings is 1. The second kappa shape index (κ2) is 4.64. The van der Waals surface area contributed by atoms with E-state index in [-0.39, 0.29) is 4.90 Å². The van der Waals surface area contributed by atoms with Crippen LogP contribution in [-0.4, -0.2) is 43.4 Å². The largest absolute Gasteiger partial charge is 0.312 e. The maximum atomic E-state index is 12.9. The number of hydrogen-bond acceptors (Lipinski definition) is 4. The van der Waals surface area contributed by atoms with Crippen molar-refractivity contribution in [2.75, 3.05) is 19.6 Å². The molecule has 21 heavy (non-hydrogen) atoms. The molecule has 7 heteroatoms. The summed E-state index contributed by atoms with van der Waals surface area (Å²) in [4.78, 5) is 4.29. The van der Waals surface area contributed by atoms with Crippen molar-refractivity contribution in [2.24, 2.45) is 5.92 Å². The highest BCUT2D eigenvalue weighted by Gasteiger charge is 2.44. The number of aromatic nitrogens is 1. The number of fused-ring (bicyclic) bond motifs is 2. The highest BCUT2D eigenvalue weighted by Crippen LogP contribution is 2.34. The molecule has 2 aliphatic heterocycles. The SMILES string of the molecule is O=S(=O)(c1cccc2cncc(Cl)c12)N1C[C@H]2CN[C@H]2C1. The van der Waals surface area contributed by atoms with Gasteiger partial charge in [-0.1, -0.05) is 23.7 Å². The average Bonchev–Trinajstić information content (AvgIpc) is 2.74. The van der Waals surface area contributed by atoms with Crippen LogP contribution in [-0.2, 0) is 10.0 Å². The van der Waals surface area contributed by atoms with Crippen LogP contribution in [0.1, 0.15) is 0 Å². The molecule has 0 unspecified atom stereocenters. The Morgan fingerprint density at radius 1 is 1.29 bits per heavy atom. The predicted octanol–water partition coefficient (Wildman–Crippen LogP) is 1.48. The van der Waals surface area contributed by atoms with Crippen molar-refractivity contribution in [3.8, 4) is 0 Å². The molecular weight excluding hydrogens is 310 g/mol. The Balaban J connectivity index is 1.86. The second-order valence-electron chi connectivity index (χ2n) is 5.57. The summed E-state index contributed by atoms with van der Waals surface area (Å²) in [5, 5.41) is 4.93. The lowest BCUT2D eigenvalue weighted by Gasteiger charge is -2.30. The van der Waals surface area contributed by atoms with E-state index in [1.165, 1.54) is 6.20 Å². The summed E-state index contributed by atoms with van der Waals surface area (Å²) in [6.07, 6.45) is 3.12. The van der Waals surface area contributed by atoms with Gasteiger partial charge in [0.1, 0.15) is 0 Å². The molecule has 4 rings (SSSR count). The summed E-state index contributed by atoms with van der Waals surface area (Å²) in [6, 6.07) is 5.47. The maximum Gasteiger partial charge on any atom is 0.243 e. The van der Waals surface area contributed by atoms with Crippen LogP contribution in [0.5, 0.6) is 0 Å². The van der Waals surface area contributed by atoms with Gasteiger partial charge in [-0.15, -0.1) is 0 Å². The van der Waals surface area contributed by atoms with Gasteiger partial charge in [0.05, 0.1) is 9.92 Å². The first-order chi connectivity index (χ1) is 10.1. The topological polar surface area (TPSA) is 62.3 Å². The first kappa shape index (κ1) is 13.5. The Morgan fingerprint density at radius 3 is 2.81 bits per heavy atom. The Labute approximate surface area is 128 Å². The normalized spacial score (nSPS) is 25.8. The van der Waals surface area contributed by atoms with Crippen LogP contribution in [0.2, 0.25) is 5.02 Å². The minimum absolute atomic E-state index is 0.272. The summed E-state index contributed by atoms with van der Waals surface area (Å²) >= 11 is 6.19. The molecule has 2 aromatic rings. The molecule has 1 aromatic carbocycles. The van der Waals surface area contributed by atoms with Crippen LogP contribution in [0.3, 0.4) is 0 Å². The van der Waals surface area contributed by atoms with E-state index in [1.54, 1.807) is 22.6 Å². The molecule has 0 spiro atoms. The summed E-state index contributed by atoms with van der Waals surface area (Å²) in [7, 11) is -3.53. The van der Waals surface area contributed by atoms with Crippen LogP contribution in [0, 0.1) is 5.92 Å². The van der Waals surface area contributed by atoms with Gasteiger partial charge in [0.2, 0.25) is 10.0 Å². The third kappa shape index (κ3) is 1.97. The Kier molecular flexibility index (Phi) is 2.97. The van der Waals surface area contributed by atoms with Crippen LogP contribution in [0.25, 0.3) is 10.8 Å². The summed E-state index contributed by atoms with van der Waals surface area (Å²) in [5.74, 6) is 0.437. The van der Waals surface area contributed by atoms with Crippen molar-refractivity contribution in [1.29, 1.82) is 0 Å². The van der Waals surface area contributed by atoms with E-state index in [4.69, 9.17) is 11.6 Å². The van der Waals surface area contributed by atoms with Gasteiger partial charge in [-0.2, -0.15) is 4.31 Å². The van der Waals surface area contributed by atoms with Gasteiger partial charge in [-0.25, -0.2) is 8.42 Å². The highest BCUT2D eigenvalue weighted by atomic mass is 35.5. The van der Waals surface area contributed by atoms with E-state index < -0.39 is 10.0 Å². The zero-order valence-corrected chi connectivity index (χ0v) is 12.7. The quantitative estimate of drug-likeness (QED) is 0.909. The van der Waals surface area contributed by atoms with E-state index in [0.717, 1.165) is 11.9 Å². The minimum Gasteiger partial charge on any atom is -0.312 e. The van der Waals surface area contributed by atoms with Crippen LogP contribution >= 0.6 is 11.6 Å². The fourth-order valence-corrected chi connectivity index (χ4v) is 5.20. The minimum atomic E-state index is -3.53. The lowest BCUT2D eigenvalue weighted by atomic mass is 9.96. The Morgan fingerprint density at radius 2 is 2.14 bits per heavy atom. The smallest absolute Gasteiger partial charge is 0.243 e. The van der Waals surface area contributed by atoms with E-state index in [2.05, 4.69) is 10.3 Å². The Hall–Kier alpha value is -1.21. The molecule has 1 aromatic heterocycles. The van der Waals surface area contributed by atoms with Crippen LogP contribution in [0.15, 0.2) is 35.5 Å². The molecule has 5 nitrogen and oxygen atoms in total. The molecule has 2 saturated heterocycles. The fraction of sp³-hybridized carbons (Fsp3) is 0.357. The van der Waals surface area contributed by atoms with Crippen LogP contribution < -0.4 is 5.32 Å². The highest BCUT2D eigenvalue weighted by molar-refractivity contribution is 7.89. The molecule has 2 atom stereocenters. The zero-order chi connectivity index (χ0) is 14.6. The lowest BCUT2D eigenvalue weighted by Crippen LogP contribution is -2.51. The predicted molar refractivity (Wildman–Crippen MR) is 80.8 cm³/mol. The number of nitrogens with zero attached hydrogens (tertiary/aromatic N) is 2. The van der Waals surface area contributed by atoms with Gasteiger partial charge in [-0.3, -0.25) is 4.98 Å². The van der Waals surface area contributed by atoms with Gasteiger partial charge in [-0.05, 0) is 6.07 Å². The first-order valence-electron chi connectivity index (χ1n) is 6.83. The standard InChI is InChI=1S/C14H14ClN3O2S/c15-11-6-16-4-9-2-1-3-13(14(9)11)21(19,20)18-7-10-5-17-12(10)8-18/h1-4,6,10,12,17H,5,7-8H2/t10-,12+/m1/s1. The lowest BCUT2D eigenvalue weighted by molar-refractivity contribution is 0.297. The molecule has 0 bridgehead atoms. The fourth-order valence-electron chi connectivity index (χ4n) is 3.12. The van der Waals surface area contributed by atoms with Crippen molar-refractivity contribution in [2.45, 2.75) is 10.9 Å². The van der Waals surface area contributed by atoms with E-state index in [0.29, 0.717) is 35.5 Å². The van der Waals surface area contributed by atoms with Crippen molar-refractivity contribution < 1.29 is 8.42 Å². The van der Waals surface area contributed by atoms with Crippen LogP contribution in [0.4, 0.5) is 0 Å². The number of benzene rings is 1. The van der Waals surface area contributed by atoms with E-state index >= 15 is 0 Å². The second-order valence-corrected chi connectivity index (χ2v) is 7.89. The molecule has 110 valence electrons. The number of rotatable bonds is 2. The molecule has 0 radical (unpaired) electrons.